The Balaban J connectivity index is 1.93. The van der Waals surface area contributed by atoms with Crippen molar-refractivity contribution in [2.24, 2.45) is 0 Å². The van der Waals surface area contributed by atoms with Gasteiger partial charge in [0.15, 0.2) is 10.9 Å². The van der Waals surface area contributed by atoms with Crippen molar-refractivity contribution in [2.75, 3.05) is 10.6 Å². The lowest BCUT2D eigenvalue weighted by Gasteiger charge is -2.09. The van der Waals surface area contributed by atoms with Gasteiger partial charge in [-0.3, -0.25) is 25.0 Å². The number of nitrogens with zero attached hydrogens (tertiary/aromatic N) is 1. The molecule has 0 saturated carbocycles. The predicted octanol–water partition coefficient (Wildman–Crippen LogP) is 2.27. The zero-order chi connectivity index (χ0) is 17.7. The zero-order valence-corrected chi connectivity index (χ0v) is 13.2. The van der Waals surface area contributed by atoms with Crippen LogP contribution in [0.1, 0.15) is 17.5 Å². The average molecular weight is 348 g/mol. The maximum absolute atomic E-state index is 11.9. The number of nitro groups is 1. The number of anilines is 2. The van der Waals surface area contributed by atoms with Crippen molar-refractivity contribution < 1.29 is 18.9 Å². The fraction of sp³-hybridized carbons (Fsp3) is 0.0714. The Morgan fingerprint density at radius 3 is 2.17 bits per heavy atom. The van der Waals surface area contributed by atoms with Gasteiger partial charge in [-0.1, -0.05) is 0 Å². The van der Waals surface area contributed by atoms with Gasteiger partial charge in [0.1, 0.15) is 4.92 Å². The highest BCUT2D eigenvalue weighted by Gasteiger charge is 2.18. The van der Waals surface area contributed by atoms with Crippen LogP contribution < -0.4 is 16.0 Å². The first-order valence-electron chi connectivity index (χ1n) is 6.59. The highest BCUT2D eigenvalue weighted by Crippen LogP contribution is 2.16. The molecule has 0 unspecified atom stereocenters. The number of thiocarbonyl (C=S) groups is 1. The number of benzene rings is 1. The summed E-state index contributed by atoms with van der Waals surface area (Å²) >= 11 is 4.99. The van der Waals surface area contributed by atoms with E-state index in [1.165, 1.54) is 13.0 Å². The van der Waals surface area contributed by atoms with Crippen molar-refractivity contribution >= 4 is 46.4 Å². The highest BCUT2D eigenvalue weighted by atomic mass is 32.1. The number of hydrogen-bond donors (Lipinski definition) is 3. The highest BCUT2D eigenvalue weighted by molar-refractivity contribution is 7.80. The molecule has 2 amide bonds. The van der Waals surface area contributed by atoms with Crippen LogP contribution in [0.15, 0.2) is 40.8 Å². The van der Waals surface area contributed by atoms with Gasteiger partial charge in [0.25, 0.3) is 5.91 Å². The molecule has 1 aromatic carbocycles. The minimum Gasteiger partial charge on any atom is -0.395 e. The molecule has 0 fully saturated rings. The average Bonchev–Trinajstić information content (AvgIpc) is 2.99. The number of amides is 2. The van der Waals surface area contributed by atoms with Gasteiger partial charge >= 0.3 is 5.88 Å². The van der Waals surface area contributed by atoms with E-state index in [1.807, 2.05) is 0 Å². The lowest BCUT2D eigenvalue weighted by atomic mass is 10.3. The third kappa shape index (κ3) is 4.61. The van der Waals surface area contributed by atoms with E-state index in [2.05, 4.69) is 16.0 Å². The van der Waals surface area contributed by atoms with Gasteiger partial charge in [0, 0.05) is 18.3 Å². The van der Waals surface area contributed by atoms with Crippen molar-refractivity contribution in [1.82, 2.24) is 5.32 Å². The van der Waals surface area contributed by atoms with Crippen molar-refractivity contribution in [3.63, 3.8) is 0 Å². The minimum atomic E-state index is -0.746. The number of nitrogens with one attached hydrogen (secondary N) is 3. The zero-order valence-electron chi connectivity index (χ0n) is 12.4. The molecule has 9 nitrogen and oxygen atoms in total. The Labute approximate surface area is 141 Å². The summed E-state index contributed by atoms with van der Waals surface area (Å²) < 4.78 is 4.77. The molecule has 0 bridgehead atoms. The van der Waals surface area contributed by atoms with E-state index in [1.54, 1.807) is 24.3 Å². The molecule has 124 valence electrons. The molecule has 0 aliphatic rings. The molecule has 0 aliphatic heterocycles. The molecular weight excluding hydrogens is 336 g/mol. The predicted molar refractivity (Wildman–Crippen MR) is 89.8 cm³/mol. The van der Waals surface area contributed by atoms with Gasteiger partial charge < -0.3 is 15.1 Å². The van der Waals surface area contributed by atoms with Crippen LogP contribution >= 0.6 is 12.2 Å². The fourth-order valence-corrected chi connectivity index (χ4v) is 1.93. The van der Waals surface area contributed by atoms with Crippen LogP contribution in [0.5, 0.6) is 0 Å². The SMILES string of the molecule is CC(=O)Nc1ccc(NC(=S)NC(=O)c2ccc([N+](=O)[O-])o2)cc1. The van der Waals surface area contributed by atoms with Crippen molar-refractivity contribution in [1.29, 1.82) is 0 Å². The molecular formula is C14H12N4O5S. The monoisotopic (exact) mass is 348 g/mol. The summed E-state index contributed by atoms with van der Waals surface area (Å²) in [4.78, 5) is 32.5. The maximum Gasteiger partial charge on any atom is 0.433 e. The molecule has 1 heterocycles. The van der Waals surface area contributed by atoms with Crippen LogP contribution in [0, 0.1) is 10.1 Å². The first-order valence-corrected chi connectivity index (χ1v) is 7.00. The van der Waals surface area contributed by atoms with E-state index in [0.29, 0.717) is 11.4 Å². The summed E-state index contributed by atoms with van der Waals surface area (Å²) in [6, 6.07) is 8.88. The quantitative estimate of drug-likeness (QED) is 0.439. The smallest absolute Gasteiger partial charge is 0.395 e. The van der Waals surface area contributed by atoms with Crippen LogP contribution in [0.25, 0.3) is 0 Å². The van der Waals surface area contributed by atoms with E-state index in [4.69, 9.17) is 16.6 Å². The Morgan fingerprint density at radius 2 is 1.67 bits per heavy atom. The normalized spacial score (nSPS) is 9.88. The summed E-state index contributed by atoms with van der Waals surface area (Å²) in [5, 5.41) is 18.2. The summed E-state index contributed by atoms with van der Waals surface area (Å²) in [5.74, 6) is -1.67. The second-order valence-electron chi connectivity index (χ2n) is 4.56. The second-order valence-corrected chi connectivity index (χ2v) is 4.97. The molecule has 0 atom stereocenters. The summed E-state index contributed by atoms with van der Waals surface area (Å²) in [6.07, 6.45) is 0. The lowest BCUT2D eigenvalue weighted by Crippen LogP contribution is -2.33. The van der Waals surface area contributed by atoms with Crippen LogP contribution in [-0.2, 0) is 4.79 Å². The van der Waals surface area contributed by atoms with E-state index < -0.39 is 16.7 Å². The number of hydrogen-bond acceptors (Lipinski definition) is 6. The van der Waals surface area contributed by atoms with Gasteiger partial charge in [-0.25, -0.2) is 0 Å². The van der Waals surface area contributed by atoms with Crippen molar-refractivity contribution in [2.45, 2.75) is 6.92 Å². The molecule has 10 heteroatoms. The minimum absolute atomic E-state index is 0.00803. The van der Waals surface area contributed by atoms with Gasteiger partial charge in [-0.15, -0.1) is 0 Å². The standard InChI is InChI=1S/C14H12N4O5S/c1-8(19)15-9-2-4-10(5-3-9)16-14(24)17-13(20)11-6-7-12(23-11)18(21)22/h2-7H,1H3,(H,15,19)(H2,16,17,20,24). The fourth-order valence-electron chi connectivity index (χ4n) is 1.72. The first kappa shape index (κ1) is 17.1. The van der Waals surface area contributed by atoms with Gasteiger partial charge in [-0.05, 0) is 42.5 Å². The number of carbonyl (C=O) groups excluding carboxylic acids is 2. The summed E-state index contributed by atoms with van der Waals surface area (Å²) in [6.45, 7) is 1.40. The van der Waals surface area contributed by atoms with Crippen molar-refractivity contribution in [3.8, 4) is 0 Å². The van der Waals surface area contributed by atoms with Crippen LogP contribution in [0.3, 0.4) is 0 Å². The molecule has 24 heavy (non-hydrogen) atoms. The Kier molecular flexibility index (Phi) is 5.22. The summed E-state index contributed by atoms with van der Waals surface area (Å²) in [7, 11) is 0. The van der Waals surface area contributed by atoms with Crippen LogP contribution in [0.4, 0.5) is 17.3 Å². The molecule has 0 spiro atoms. The lowest BCUT2D eigenvalue weighted by molar-refractivity contribution is -0.402. The van der Waals surface area contributed by atoms with Crippen molar-refractivity contribution in [3.05, 3.63) is 52.3 Å². The van der Waals surface area contributed by atoms with E-state index in [0.717, 1.165) is 6.07 Å². The Morgan fingerprint density at radius 1 is 1.08 bits per heavy atom. The molecule has 0 saturated heterocycles. The first-order chi connectivity index (χ1) is 11.3. The molecule has 0 aliphatic carbocycles. The van der Waals surface area contributed by atoms with Crippen LogP contribution in [0.2, 0.25) is 0 Å². The molecule has 1 aromatic heterocycles. The van der Waals surface area contributed by atoms with E-state index in [-0.39, 0.29) is 16.8 Å². The largest absolute Gasteiger partial charge is 0.433 e. The Hall–Kier alpha value is -3.27. The summed E-state index contributed by atoms with van der Waals surface area (Å²) in [5.41, 5.74) is 1.20. The molecule has 2 rings (SSSR count). The molecule has 0 radical (unpaired) electrons. The van der Waals surface area contributed by atoms with E-state index >= 15 is 0 Å². The number of rotatable bonds is 4. The third-order valence-corrected chi connectivity index (χ3v) is 2.89. The van der Waals surface area contributed by atoms with Crippen LogP contribution in [-0.4, -0.2) is 21.9 Å². The number of furan rings is 1. The molecule has 2 aromatic rings. The topological polar surface area (TPSA) is 127 Å². The second kappa shape index (κ2) is 7.33. The van der Waals surface area contributed by atoms with Gasteiger partial charge in [0.2, 0.25) is 5.91 Å². The molecule has 3 N–H and O–H groups in total. The third-order valence-electron chi connectivity index (χ3n) is 2.69. The Bertz CT molecular complexity index is 800. The van der Waals surface area contributed by atoms with Gasteiger partial charge in [-0.2, -0.15) is 0 Å². The number of carbonyl (C=O) groups is 2. The van der Waals surface area contributed by atoms with Gasteiger partial charge in [0.05, 0.1) is 6.07 Å². The maximum atomic E-state index is 11.9. The van der Waals surface area contributed by atoms with E-state index in [9.17, 15) is 19.7 Å².